The molecule has 2 heterocycles. The third kappa shape index (κ3) is 0.836. The molecular formula is C11H6N2O. The van der Waals surface area contributed by atoms with E-state index in [-0.39, 0.29) is 5.56 Å². The van der Waals surface area contributed by atoms with Gasteiger partial charge >= 0.3 is 0 Å². The number of benzene rings is 1. The minimum Gasteiger partial charge on any atom is -0.267 e. The van der Waals surface area contributed by atoms with Crippen LogP contribution in [0.3, 0.4) is 0 Å². The number of rotatable bonds is 0. The standard InChI is InChI=1S/C11H6N2O/c14-11-8-2-1-3-9-10(8)7(6-13-9)4-5-12-11/h1-6H. The summed E-state index contributed by atoms with van der Waals surface area (Å²) in [6, 6.07) is 7.32. The van der Waals surface area contributed by atoms with Gasteiger partial charge in [-0.05, 0) is 18.2 Å². The summed E-state index contributed by atoms with van der Waals surface area (Å²) >= 11 is 0. The lowest BCUT2D eigenvalue weighted by atomic mass is 10.1. The summed E-state index contributed by atoms with van der Waals surface area (Å²) in [6.07, 6.45) is 3.29. The van der Waals surface area contributed by atoms with E-state index in [0.29, 0.717) is 5.39 Å². The maximum absolute atomic E-state index is 11.5. The predicted octanol–water partition coefficient (Wildman–Crippen LogP) is 1.66. The van der Waals surface area contributed by atoms with Gasteiger partial charge in [-0.3, -0.25) is 9.79 Å². The second-order valence-corrected chi connectivity index (χ2v) is 3.16. The number of hydrogen-bond donors (Lipinski definition) is 0. The molecule has 0 N–H and O–H groups in total. The fraction of sp³-hybridized carbons (Fsp3) is 0. The van der Waals surface area contributed by atoms with E-state index in [2.05, 4.69) is 9.98 Å². The first kappa shape index (κ1) is 7.38. The Morgan fingerprint density at radius 2 is 2.07 bits per heavy atom. The van der Waals surface area contributed by atoms with E-state index in [1.165, 1.54) is 6.20 Å². The van der Waals surface area contributed by atoms with Gasteiger partial charge < -0.3 is 0 Å². The van der Waals surface area contributed by atoms with Crippen molar-refractivity contribution in [2.75, 3.05) is 0 Å². The molecule has 0 spiro atoms. The highest BCUT2D eigenvalue weighted by Gasteiger charge is 2.10. The molecule has 3 heteroatoms. The summed E-state index contributed by atoms with van der Waals surface area (Å²) in [5.74, 6) is 0. The fourth-order valence-electron chi connectivity index (χ4n) is 1.71. The lowest BCUT2D eigenvalue weighted by molar-refractivity contribution is 1.29. The Bertz CT molecular complexity index is 617. The van der Waals surface area contributed by atoms with Gasteiger partial charge in [-0.25, -0.2) is 4.98 Å². The highest BCUT2D eigenvalue weighted by atomic mass is 16.1. The topological polar surface area (TPSA) is 42.3 Å². The van der Waals surface area contributed by atoms with Gasteiger partial charge in [0, 0.05) is 23.4 Å². The van der Waals surface area contributed by atoms with E-state index in [1.807, 2.05) is 18.2 Å². The third-order valence-electron chi connectivity index (χ3n) is 2.35. The Morgan fingerprint density at radius 1 is 1.14 bits per heavy atom. The Morgan fingerprint density at radius 3 is 3.00 bits per heavy atom. The van der Waals surface area contributed by atoms with Gasteiger partial charge in [0.05, 0.1) is 11.1 Å². The summed E-state index contributed by atoms with van der Waals surface area (Å²) in [6.45, 7) is 0. The molecule has 3 rings (SSSR count). The van der Waals surface area contributed by atoms with Crippen LogP contribution in [0.25, 0.3) is 10.8 Å². The highest BCUT2D eigenvalue weighted by molar-refractivity contribution is 6.10. The van der Waals surface area contributed by atoms with Gasteiger partial charge in [0.25, 0.3) is 5.56 Å². The van der Waals surface area contributed by atoms with Gasteiger partial charge in [0.2, 0.25) is 0 Å². The first-order valence-corrected chi connectivity index (χ1v) is 4.32. The van der Waals surface area contributed by atoms with Crippen LogP contribution in [0.1, 0.15) is 5.56 Å². The molecular weight excluding hydrogens is 176 g/mol. The van der Waals surface area contributed by atoms with Crippen molar-refractivity contribution in [2.24, 2.45) is 4.99 Å². The smallest absolute Gasteiger partial charge is 0.267 e. The van der Waals surface area contributed by atoms with Crippen LogP contribution >= 0.6 is 0 Å². The van der Waals surface area contributed by atoms with Crippen molar-refractivity contribution >= 4 is 22.7 Å². The molecule has 0 fully saturated rings. The molecule has 0 saturated heterocycles. The van der Waals surface area contributed by atoms with Crippen LogP contribution in [0.4, 0.5) is 5.69 Å². The van der Waals surface area contributed by atoms with Gasteiger partial charge in [-0.2, -0.15) is 0 Å². The van der Waals surface area contributed by atoms with E-state index < -0.39 is 0 Å². The summed E-state index contributed by atoms with van der Waals surface area (Å²) < 4.78 is 0. The number of aliphatic imine (C=N–C) groups is 1. The Hall–Kier alpha value is -2.03. The molecule has 1 aliphatic rings. The Kier molecular flexibility index (Phi) is 1.31. The van der Waals surface area contributed by atoms with Gasteiger partial charge in [-0.15, -0.1) is 0 Å². The Balaban J connectivity index is 2.72. The molecule has 1 aromatic carbocycles. The molecule has 2 aromatic rings. The predicted molar refractivity (Wildman–Crippen MR) is 55.3 cm³/mol. The maximum Gasteiger partial charge on any atom is 0.277 e. The molecule has 14 heavy (non-hydrogen) atoms. The molecule has 0 saturated carbocycles. The van der Waals surface area contributed by atoms with E-state index in [1.54, 1.807) is 12.3 Å². The molecule has 3 nitrogen and oxygen atoms in total. The van der Waals surface area contributed by atoms with Crippen molar-refractivity contribution < 1.29 is 0 Å². The largest absolute Gasteiger partial charge is 0.277 e. The summed E-state index contributed by atoms with van der Waals surface area (Å²) in [5, 5.41) is 1.55. The molecule has 0 bridgehead atoms. The lowest BCUT2D eigenvalue weighted by Gasteiger charge is -1.92. The van der Waals surface area contributed by atoms with Crippen LogP contribution in [0.5, 0.6) is 0 Å². The van der Waals surface area contributed by atoms with Crippen LogP contribution in [-0.2, 0) is 0 Å². The average Bonchev–Trinajstić information content (AvgIpc) is 2.53. The van der Waals surface area contributed by atoms with Gasteiger partial charge in [0.15, 0.2) is 0 Å². The van der Waals surface area contributed by atoms with Crippen molar-refractivity contribution in [2.45, 2.75) is 0 Å². The molecule has 1 aromatic heterocycles. The molecule has 0 amide bonds. The molecule has 0 unspecified atom stereocenters. The minimum absolute atomic E-state index is 0.196. The normalized spacial score (nSPS) is 12.3. The SMILES string of the molecule is O=c1nccc2c3c(cccc13)N=C2. The van der Waals surface area contributed by atoms with Crippen molar-refractivity contribution in [3.05, 3.63) is 46.4 Å². The second-order valence-electron chi connectivity index (χ2n) is 3.16. The highest BCUT2D eigenvalue weighted by Crippen LogP contribution is 2.29. The quantitative estimate of drug-likeness (QED) is 0.530. The van der Waals surface area contributed by atoms with Crippen molar-refractivity contribution in [3.63, 3.8) is 0 Å². The molecule has 0 atom stereocenters. The van der Waals surface area contributed by atoms with E-state index in [4.69, 9.17) is 0 Å². The zero-order valence-electron chi connectivity index (χ0n) is 7.27. The average molecular weight is 182 g/mol. The third-order valence-corrected chi connectivity index (χ3v) is 2.35. The maximum atomic E-state index is 11.5. The minimum atomic E-state index is -0.196. The monoisotopic (exact) mass is 182 g/mol. The van der Waals surface area contributed by atoms with E-state index >= 15 is 0 Å². The second kappa shape index (κ2) is 2.48. The summed E-state index contributed by atoms with van der Waals surface area (Å²) in [7, 11) is 0. The molecule has 0 aliphatic carbocycles. The number of aromatic nitrogens is 1. The first-order chi connectivity index (χ1) is 6.86. The lowest BCUT2D eigenvalue weighted by Crippen LogP contribution is -2.00. The van der Waals surface area contributed by atoms with Crippen LogP contribution < -0.4 is 5.56 Å². The van der Waals surface area contributed by atoms with Gasteiger partial charge in [0.1, 0.15) is 0 Å². The van der Waals surface area contributed by atoms with Crippen molar-refractivity contribution in [1.29, 1.82) is 0 Å². The summed E-state index contributed by atoms with van der Waals surface area (Å²) in [5.41, 5.74) is 1.62. The number of hydrogen-bond acceptors (Lipinski definition) is 3. The zero-order valence-corrected chi connectivity index (χ0v) is 7.27. The molecule has 1 aliphatic heterocycles. The first-order valence-electron chi connectivity index (χ1n) is 4.32. The van der Waals surface area contributed by atoms with Crippen LogP contribution in [0.2, 0.25) is 0 Å². The van der Waals surface area contributed by atoms with Crippen molar-refractivity contribution in [3.8, 4) is 0 Å². The Labute approximate surface area is 79.8 Å². The van der Waals surface area contributed by atoms with Crippen LogP contribution in [0.15, 0.2) is 40.2 Å². The van der Waals surface area contributed by atoms with E-state index in [9.17, 15) is 4.79 Å². The molecule has 66 valence electrons. The van der Waals surface area contributed by atoms with E-state index in [0.717, 1.165) is 16.6 Å². The molecule has 0 radical (unpaired) electrons. The fourth-order valence-corrected chi connectivity index (χ4v) is 1.71. The number of nitrogens with zero attached hydrogens (tertiary/aromatic N) is 2. The van der Waals surface area contributed by atoms with Crippen LogP contribution in [0, 0.1) is 0 Å². The summed E-state index contributed by atoms with van der Waals surface area (Å²) in [4.78, 5) is 19.6. The van der Waals surface area contributed by atoms with Crippen LogP contribution in [-0.4, -0.2) is 11.2 Å². The van der Waals surface area contributed by atoms with Gasteiger partial charge in [-0.1, -0.05) is 6.07 Å². The van der Waals surface area contributed by atoms with Crippen molar-refractivity contribution in [1.82, 2.24) is 4.98 Å². The zero-order chi connectivity index (χ0) is 9.54.